The average molecular weight is 629 g/mol. The quantitative estimate of drug-likeness (QED) is 0.200. The average Bonchev–Trinajstić information content (AvgIpc) is 3.58. The molecular weight excluding hydrogens is 596 g/mol. The van der Waals surface area contributed by atoms with Crippen molar-refractivity contribution in [3.63, 3.8) is 0 Å². The summed E-state index contributed by atoms with van der Waals surface area (Å²) >= 11 is 6.87. The predicted molar refractivity (Wildman–Crippen MR) is 176 cm³/mol. The zero-order valence-electron chi connectivity index (χ0n) is 24.8. The molecule has 226 valence electrons. The van der Waals surface area contributed by atoms with E-state index in [-0.39, 0.29) is 10.8 Å². The van der Waals surface area contributed by atoms with Crippen molar-refractivity contribution >= 4 is 54.7 Å². The van der Waals surface area contributed by atoms with Gasteiger partial charge in [0.25, 0.3) is 0 Å². The summed E-state index contributed by atoms with van der Waals surface area (Å²) in [6.45, 7) is 1.40. The normalized spacial score (nSPS) is 14.8. The Labute approximate surface area is 261 Å². The van der Waals surface area contributed by atoms with Crippen LogP contribution in [-0.4, -0.2) is 63.4 Å². The van der Waals surface area contributed by atoms with Gasteiger partial charge in [-0.2, -0.15) is 0 Å². The Bertz CT molecular complexity index is 2000. The van der Waals surface area contributed by atoms with Gasteiger partial charge in [0.1, 0.15) is 11.5 Å². The zero-order valence-corrected chi connectivity index (χ0v) is 26.4. The number of halogens is 1. The van der Waals surface area contributed by atoms with Crippen LogP contribution in [0, 0.1) is 0 Å². The highest BCUT2D eigenvalue weighted by Crippen LogP contribution is 2.38. The number of nitrogens with zero attached hydrogens (tertiary/aromatic N) is 2. The highest BCUT2D eigenvalue weighted by molar-refractivity contribution is 7.90. The van der Waals surface area contributed by atoms with Crippen LogP contribution in [0.5, 0.6) is 11.5 Å². The van der Waals surface area contributed by atoms with Crippen molar-refractivity contribution in [3.05, 3.63) is 87.7 Å². The first-order valence-electron chi connectivity index (χ1n) is 14.7. The summed E-state index contributed by atoms with van der Waals surface area (Å²) in [5.74, 6) is 1.49. The van der Waals surface area contributed by atoms with Gasteiger partial charge in [-0.05, 0) is 84.7 Å². The molecule has 0 bridgehead atoms. The van der Waals surface area contributed by atoms with Crippen molar-refractivity contribution in [1.82, 2.24) is 9.97 Å². The Morgan fingerprint density at radius 1 is 0.795 bits per heavy atom. The summed E-state index contributed by atoms with van der Waals surface area (Å²) < 4.78 is 35.6. The standard InChI is InChI=1S/C34H33ClN4O4S/c1-42-20-4-7-24-26-10-12-36-31(33(26)38-29(24)16-20)14-19(23-9-6-22(18-28(23)35)44(3,40)41)15-32-34-27(11-13-37-32)25-8-5-21(43-2)17-30(25)39-34/h4-9,16-19,38-39H,10-15H2,1-3H3. The van der Waals surface area contributed by atoms with Gasteiger partial charge in [-0.25, -0.2) is 8.42 Å². The molecule has 4 heterocycles. The fraction of sp³-hybridized carbons (Fsp3) is 0.294. The fourth-order valence-corrected chi connectivity index (χ4v) is 7.71. The lowest BCUT2D eigenvalue weighted by atomic mass is 9.85. The largest absolute Gasteiger partial charge is 0.497 e. The lowest BCUT2D eigenvalue weighted by Gasteiger charge is -2.24. The predicted octanol–water partition coefficient (Wildman–Crippen LogP) is 6.68. The molecule has 44 heavy (non-hydrogen) atoms. The molecule has 5 aromatic rings. The van der Waals surface area contributed by atoms with Crippen LogP contribution in [0.4, 0.5) is 0 Å². The molecule has 0 spiro atoms. The molecule has 0 saturated heterocycles. The number of fused-ring (bicyclic) bond motifs is 6. The first kappa shape index (κ1) is 28.7. The summed E-state index contributed by atoms with van der Waals surface area (Å²) in [7, 11) is -0.0658. The minimum Gasteiger partial charge on any atom is -0.497 e. The number of rotatable bonds is 8. The summed E-state index contributed by atoms with van der Waals surface area (Å²) in [6, 6.07) is 17.3. The molecular formula is C34H33ClN4O4S. The van der Waals surface area contributed by atoms with Crippen LogP contribution in [0.1, 0.15) is 46.8 Å². The number of hydrogen-bond acceptors (Lipinski definition) is 6. The second-order valence-electron chi connectivity index (χ2n) is 11.5. The summed E-state index contributed by atoms with van der Waals surface area (Å²) in [4.78, 5) is 17.4. The molecule has 0 saturated carbocycles. The van der Waals surface area contributed by atoms with Crippen LogP contribution >= 0.6 is 11.6 Å². The lowest BCUT2D eigenvalue weighted by Crippen LogP contribution is -2.20. The second kappa shape index (κ2) is 11.1. The maximum Gasteiger partial charge on any atom is 0.175 e. The second-order valence-corrected chi connectivity index (χ2v) is 13.9. The van der Waals surface area contributed by atoms with Crippen molar-refractivity contribution in [1.29, 1.82) is 0 Å². The number of nitrogens with one attached hydrogen (secondary N) is 2. The van der Waals surface area contributed by atoms with Crippen LogP contribution in [0.3, 0.4) is 0 Å². The maximum absolute atomic E-state index is 12.3. The van der Waals surface area contributed by atoms with E-state index in [2.05, 4.69) is 22.1 Å². The van der Waals surface area contributed by atoms with E-state index in [1.807, 2.05) is 30.3 Å². The minimum absolute atomic E-state index is 0.104. The van der Waals surface area contributed by atoms with E-state index >= 15 is 0 Å². The SMILES string of the molecule is COc1ccc2c3c([nH]c2c1)C(CC(CC1=NCCc2c1[nH]c1cc(OC)ccc21)c1ccc(S(C)(=O)=O)cc1Cl)=NCC3. The molecule has 0 unspecified atom stereocenters. The Balaban J connectivity index is 1.30. The molecule has 7 rings (SSSR count). The van der Waals surface area contributed by atoms with Gasteiger partial charge in [0.2, 0.25) is 0 Å². The first-order chi connectivity index (χ1) is 21.2. The van der Waals surface area contributed by atoms with E-state index in [0.29, 0.717) is 31.0 Å². The van der Waals surface area contributed by atoms with Crippen molar-refractivity contribution < 1.29 is 17.9 Å². The Kier molecular flexibility index (Phi) is 7.25. The molecule has 8 nitrogen and oxygen atoms in total. The van der Waals surface area contributed by atoms with Crippen molar-refractivity contribution in [2.24, 2.45) is 9.98 Å². The number of aliphatic imine (C=N–C) groups is 2. The third-order valence-electron chi connectivity index (χ3n) is 8.85. The van der Waals surface area contributed by atoms with Gasteiger partial charge in [0.05, 0.1) is 41.9 Å². The van der Waals surface area contributed by atoms with Gasteiger partial charge in [-0.1, -0.05) is 17.7 Å². The minimum atomic E-state index is -3.41. The third-order valence-corrected chi connectivity index (χ3v) is 10.3. The van der Waals surface area contributed by atoms with Crippen molar-refractivity contribution in [2.45, 2.75) is 36.5 Å². The zero-order chi connectivity index (χ0) is 30.6. The summed E-state index contributed by atoms with van der Waals surface area (Å²) in [6.07, 6.45) is 4.12. The molecule has 0 aliphatic carbocycles. The Hall–Kier alpha value is -4.08. The monoisotopic (exact) mass is 628 g/mol. The van der Waals surface area contributed by atoms with Gasteiger partial charge < -0.3 is 19.4 Å². The number of aromatic amines is 2. The fourth-order valence-electron chi connectivity index (χ4n) is 6.66. The highest BCUT2D eigenvalue weighted by atomic mass is 35.5. The molecule has 3 aromatic carbocycles. The van der Waals surface area contributed by atoms with E-state index in [1.165, 1.54) is 28.2 Å². The number of hydrogen-bond donors (Lipinski definition) is 2. The molecule has 10 heteroatoms. The molecule has 0 amide bonds. The topological polar surface area (TPSA) is 109 Å². The summed E-state index contributed by atoms with van der Waals surface area (Å²) in [5, 5.41) is 2.78. The van der Waals surface area contributed by atoms with E-state index in [4.69, 9.17) is 31.1 Å². The molecule has 0 radical (unpaired) electrons. The number of H-pyrrole nitrogens is 2. The molecule has 2 aromatic heterocycles. The maximum atomic E-state index is 12.3. The van der Waals surface area contributed by atoms with E-state index in [1.54, 1.807) is 26.4 Å². The van der Waals surface area contributed by atoms with Crippen molar-refractivity contribution in [3.8, 4) is 11.5 Å². The van der Waals surface area contributed by atoms with Gasteiger partial charge in [0, 0.05) is 58.3 Å². The van der Waals surface area contributed by atoms with Gasteiger partial charge in [-0.15, -0.1) is 0 Å². The Morgan fingerprint density at radius 2 is 1.32 bits per heavy atom. The van der Waals surface area contributed by atoms with Crippen LogP contribution < -0.4 is 9.47 Å². The smallest absolute Gasteiger partial charge is 0.175 e. The van der Waals surface area contributed by atoms with Crippen LogP contribution in [0.15, 0.2) is 69.5 Å². The van der Waals surface area contributed by atoms with Gasteiger partial charge >= 0.3 is 0 Å². The number of benzene rings is 3. The number of aromatic nitrogens is 2. The number of methoxy groups -OCH3 is 2. The van der Waals surface area contributed by atoms with Crippen molar-refractivity contribution in [2.75, 3.05) is 33.6 Å². The third kappa shape index (κ3) is 5.08. The number of sulfone groups is 1. The van der Waals surface area contributed by atoms with Crippen LogP contribution in [-0.2, 0) is 22.7 Å². The van der Waals surface area contributed by atoms with E-state index in [0.717, 1.165) is 63.7 Å². The van der Waals surface area contributed by atoms with E-state index in [9.17, 15) is 8.42 Å². The lowest BCUT2D eigenvalue weighted by molar-refractivity contribution is 0.415. The summed E-state index contributed by atoms with van der Waals surface area (Å²) in [5.41, 5.74) is 9.46. The van der Waals surface area contributed by atoms with Crippen LogP contribution in [0.25, 0.3) is 21.8 Å². The number of ether oxygens (including phenoxy) is 2. The molecule has 2 N–H and O–H groups in total. The molecule has 2 aliphatic rings. The Morgan fingerprint density at radius 3 is 1.77 bits per heavy atom. The molecule has 2 aliphatic heterocycles. The van der Waals surface area contributed by atoms with Crippen LogP contribution in [0.2, 0.25) is 5.02 Å². The molecule has 0 fully saturated rings. The van der Waals surface area contributed by atoms with Gasteiger partial charge in [-0.3, -0.25) is 9.98 Å². The van der Waals surface area contributed by atoms with E-state index < -0.39 is 9.84 Å². The highest BCUT2D eigenvalue weighted by Gasteiger charge is 2.29. The first-order valence-corrected chi connectivity index (χ1v) is 16.9. The van der Waals surface area contributed by atoms with Gasteiger partial charge in [0.15, 0.2) is 9.84 Å². The molecule has 0 atom stereocenters.